The lowest BCUT2D eigenvalue weighted by molar-refractivity contribution is 0.768. The number of rotatable bonds is 8. The molecule has 0 spiro atoms. The van der Waals surface area contributed by atoms with Crippen LogP contribution >= 0.6 is 0 Å². The van der Waals surface area contributed by atoms with E-state index < -0.39 is 5.41 Å². The van der Waals surface area contributed by atoms with Crippen molar-refractivity contribution in [3.63, 3.8) is 0 Å². The molecule has 0 amide bonds. The van der Waals surface area contributed by atoms with Crippen molar-refractivity contribution >= 4 is 0 Å². The maximum Gasteiger partial charge on any atom is 0.164 e. The summed E-state index contributed by atoms with van der Waals surface area (Å²) in [6.07, 6.45) is 3.81. The minimum atomic E-state index is -0.561. The summed E-state index contributed by atoms with van der Waals surface area (Å²) < 4.78 is 0. The highest BCUT2D eigenvalue weighted by molar-refractivity contribution is 5.90. The smallest absolute Gasteiger partial charge is 0.164 e. The summed E-state index contributed by atoms with van der Waals surface area (Å²) >= 11 is 0. The zero-order valence-corrected chi connectivity index (χ0v) is 35.1. The van der Waals surface area contributed by atoms with E-state index in [0.717, 1.165) is 38.9 Å². The summed E-state index contributed by atoms with van der Waals surface area (Å²) in [5.41, 5.74) is 19.1. The Balaban J connectivity index is 1.03. The van der Waals surface area contributed by atoms with Crippen molar-refractivity contribution in [3.8, 4) is 78.4 Å². The van der Waals surface area contributed by atoms with Crippen LogP contribution in [0.2, 0.25) is 0 Å². The Kier molecular flexibility index (Phi) is 9.47. The number of aromatic nitrogens is 4. The van der Waals surface area contributed by atoms with Gasteiger partial charge >= 0.3 is 0 Å². The van der Waals surface area contributed by atoms with Crippen molar-refractivity contribution in [1.82, 2.24) is 19.9 Å². The number of nitrogens with zero attached hydrogens (tertiary/aromatic N) is 4. The highest BCUT2D eigenvalue weighted by Crippen LogP contribution is 2.57. The number of pyridine rings is 1. The van der Waals surface area contributed by atoms with Gasteiger partial charge in [0.1, 0.15) is 5.82 Å². The predicted octanol–water partition coefficient (Wildman–Crippen LogP) is 14.2. The molecule has 298 valence electrons. The maximum absolute atomic E-state index is 5.16. The van der Waals surface area contributed by atoms with E-state index in [9.17, 15) is 0 Å². The number of hydrogen-bond acceptors (Lipinski definition) is 4. The quantitative estimate of drug-likeness (QED) is 0.153. The molecule has 4 heteroatoms. The number of fused-ring (bicyclic) bond motifs is 3. The largest absolute Gasteiger partial charge is 0.264 e. The van der Waals surface area contributed by atoms with Gasteiger partial charge in [-0.15, -0.1) is 0 Å². The third kappa shape index (κ3) is 6.55. The summed E-state index contributed by atoms with van der Waals surface area (Å²) in [7, 11) is 0. The van der Waals surface area contributed by atoms with Gasteiger partial charge in [-0.1, -0.05) is 188 Å². The summed E-state index contributed by atoms with van der Waals surface area (Å²) in [5.74, 6) is 1.99. The van der Waals surface area contributed by atoms with Crippen molar-refractivity contribution < 1.29 is 0 Å². The van der Waals surface area contributed by atoms with Crippen LogP contribution in [0.3, 0.4) is 0 Å². The van der Waals surface area contributed by atoms with Crippen LogP contribution in [0.15, 0.2) is 219 Å². The second-order valence-corrected chi connectivity index (χ2v) is 16.3. The Morgan fingerprint density at radius 1 is 0.333 bits per heavy atom. The van der Waals surface area contributed by atoms with Gasteiger partial charge in [-0.25, -0.2) is 15.0 Å². The Morgan fingerprint density at radius 2 is 0.857 bits per heavy atom. The molecule has 1 aliphatic carbocycles. The Bertz CT molecular complexity index is 3300. The lowest BCUT2D eigenvalue weighted by Gasteiger charge is -2.34. The van der Waals surface area contributed by atoms with Crippen molar-refractivity contribution in [3.05, 3.63) is 252 Å². The van der Waals surface area contributed by atoms with E-state index in [-0.39, 0.29) is 0 Å². The Morgan fingerprint density at radius 3 is 1.59 bits per heavy atom. The normalized spacial score (nSPS) is 13.9. The van der Waals surface area contributed by atoms with Crippen LogP contribution in [0.4, 0.5) is 0 Å². The molecule has 1 unspecified atom stereocenters. The van der Waals surface area contributed by atoms with E-state index >= 15 is 0 Å². The Labute approximate surface area is 368 Å². The van der Waals surface area contributed by atoms with Gasteiger partial charge in [0.2, 0.25) is 0 Å². The molecule has 2 aromatic heterocycles. The second-order valence-electron chi connectivity index (χ2n) is 16.3. The van der Waals surface area contributed by atoms with Gasteiger partial charge in [0.25, 0.3) is 0 Å². The van der Waals surface area contributed by atoms with E-state index in [1.54, 1.807) is 0 Å². The van der Waals surface area contributed by atoms with E-state index in [1.807, 2.05) is 31.5 Å². The number of hydrogen-bond donors (Lipinski definition) is 0. The first-order valence-electron chi connectivity index (χ1n) is 21.5. The fraction of sp³-hybridized carbons (Fsp3) is 0.0508. The van der Waals surface area contributed by atoms with Crippen LogP contribution in [0.1, 0.15) is 33.6 Å². The molecule has 0 aliphatic heterocycles. The maximum atomic E-state index is 5.16. The average molecular weight is 807 g/mol. The minimum Gasteiger partial charge on any atom is -0.264 e. The van der Waals surface area contributed by atoms with Crippen LogP contribution in [0, 0.1) is 13.8 Å². The van der Waals surface area contributed by atoms with Gasteiger partial charge in [0.15, 0.2) is 11.6 Å². The first-order valence-corrected chi connectivity index (χ1v) is 21.5. The number of benzene rings is 8. The zero-order valence-electron chi connectivity index (χ0n) is 35.1. The lowest BCUT2D eigenvalue weighted by atomic mass is 9.67. The molecular formula is C59H42N4. The highest BCUT2D eigenvalue weighted by Gasteiger charge is 2.46. The standard InChI is InChI=1S/C59H42N4/c1-39-34-35-60-38-54(39)44-19-15-18-43(36-44)50-24-10-9-22-48(50)42-28-31-47(32-29-42)59(46-20-7-4-8-21-46)55-27-14-13-25-51(55)53-37-45(30-33-56(53)59)57-61-40(2)62-58(63-57)52-26-12-11-23-49(52)41-16-5-3-6-17-41/h3-38H,1-2H3. The first kappa shape index (κ1) is 37.9. The van der Waals surface area contributed by atoms with Crippen LogP contribution in [-0.4, -0.2) is 19.9 Å². The minimum absolute atomic E-state index is 0.561. The second kappa shape index (κ2) is 15.7. The molecular weight excluding hydrogens is 765 g/mol. The van der Waals surface area contributed by atoms with Gasteiger partial charge in [0, 0.05) is 29.1 Å². The summed E-state index contributed by atoms with van der Waals surface area (Å²) in [5, 5.41) is 0. The van der Waals surface area contributed by atoms with E-state index in [1.165, 1.54) is 55.6 Å². The lowest BCUT2D eigenvalue weighted by Crippen LogP contribution is -2.28. The molecule has 0 bridgehead atoms. The van der Waals surface area contributed by atoms with Crippen LogP contribution < -0.4 is 0 Å². The molecule has 63 heavy (non-hydrogen) atoms. The van der Waals surface area contributed by atoms with E-state index in [4.69, 9.17) is 15.0 Å². The van der Waals surface area contributed by atoms with Crippen LogP contribution in [0.25, 0.3) is 78.4 Å². The van der Waals surface area contributed by atoms with Crippen molar-refractivity contribution in [2.45, 2.75) is 19.3 Å². The van der Waals surface area contributed by atoms with Gasteiger partial charge < -0.3 is 0 Å². The van der Waals surface area contributed by atoms with Crippen molar-refractivity contribution in [2.24, 2.45) is 0 Å². The predicted molar refractivity (Wildman–Crippen MR) is 257 cm³/mol. The van der Waals surface area contributed by atoms with Gasteiger partial charge in [-0.05, 0) is 110 Å². The molecule has 0 saturated heterocycles. The van der Waals surface area contributed by atoms with E-state index in [2.05, 4.69) is 206 Å². The van der Waals surface area contributed by atoms with Gasteiger partial charge in [0.05, 0.1) is 5.41 Å². The molecule has 0 radical (unpaired) electrons. The monoisotopic (exact) mass is 806 g/mol. The summed E-state index contributed by atoms with van der Waals surface area (Å²) in [6, 6.07) is 74.2. The molecule has 0 saturated carbocycles. The molecule has 0 fully saturated rings. The summed E-state index contributed by atoms with van der Waals surface area (Å²) in [6.45, 7) is 4.09. The van der Waals surface area contributed by atoms with Gasteiger partial charge in [-0.3, -0.25) is 4.98 Å². The molecule has 0 N–H and O–H groups in total. The molecule has 4 nitrogen and oxygen atoms in total. The fourth-order valence-corrected chi connectivity index (χ4v) is 9.69. The molecule has 2 heterocycles. The number of aryl methyl sites for hydroxylation is 2. The topological polar surface area (TPSA) is 51.6 Å². The van der Waals surface area contributed by atoms with Crippen molar-refractivity contribution in [1.29, 1.82) is 0 Å². The molecule has 1 aliphatic rings. The van der Waals surface area contributed by atoms with Crippen LogP contribution in [-0.2, 0) is 5.41 Å². The zero-order chi connectivity index (χ0) is 42.3. The average Bonchev–Trinajstić information content (AvgIpc) is 3.65. The molecule has 1 atom stereocenters. The molecule has 11 rings (SSSR count). The molecule has 8 aromatic carbocycles. The van der Waals surface area contributed by atoms with E-state index in [0.29, 0.717) is 17.5 Å². The third-order valence-corrected chi connectivity index (χ3v) is 12.6. The van der Waals surface area contributed by atoms with Gasteiger partial charge in [-0.2, -0.15) is 0 Å². The first-order chi connectivity index (χ1) is 31.1. The van der Waals surface area contributed by atoms with Crippen LogP contribution in [0.5, 0.6) is 0 Å². The molecule has 10 aromatic rings. The SMILES string of the molecule is Cc1nc(-c2ccc3c(c2)-c2ccccc2C3(c2ccccc2)c2ccc(-c3ccccc3-c3cccc(-c4cnccc4C)c3)cc2)nc(-c2ccccc2-c2ccccc2)n1. The summed E-state index contributed by atoms with van der Waals surface area (Å²) in [4.78, 5) is 19.4. The third-order valence-electron chi connectivity index (χ3n) is 12.6. The highest BCUT2D eigenvalue weighted by atomic mass is 15.0. The Hall–Kier alpha value is -8.08. The van der Waals surface area contributed by atoms with Crippen molar-refractivity contribution in [2.75, 3.05) is 0 Å². The fourth-order valence-electron chi connectivity index (χ4n) is 9.69.